The van der Waals surface area contributed by atoms with Gasteiger partial charge in [-0.2, -0.15) is 5.10 Å². The summed E-state index contributed by atoms with van der Waals surface area (Å²) >= 11 is 0. The van der Waals surface area contributed by atoms with E-state index in [1.165, 1.54) is 29.7 Å². The van der Waals surface area contributed by atoms with E-state index in [-0.39, 0.29) is 0 Å². The van der Waals surface area contributed by atoms with Gasteiger partial charge in [0.05, 0.1) is 6.20 Å². The van der Waals surface area contributed by atoms with Crippen molar-refractivity contribution in [1.82, 2.24) is 20.1 Å². The quantitative estimate of drug-likeness (QED) is 0.827. The third-order valence-electron chi connectivity index (χ3n) is 3.62. The molecular weight excluding hydrogens is 212 g/mol. The first-order chi connectivity index (χ1) is 8.36. The van der Waals surface area contributed by atoms with Crippen molar-refractivity contribution in [3.63, 3.8) is 0 Å². The summed E-state index contributed by atoms with van der Waals surface area (Å²) in [6.45, 7) is 2.23. The third-order valence-corrected chi connectivity index (χ3v) is 3.62. The van der Waals surface area contributed by atoms with Crippen molar-refractivity contribution in [3.8, 4) is 11.1 Å². The van der Waals surface area contributed by atoms with Gasteiger partial charge in [-0.25, -0.2) is 0 Å². The number of rotatable bonds is 2. The van der Waals surface area contributed by atoms with Crippen LogP contribution in [0.5, 0.6) is 0 Å². The number of H-pyrrole nitrogens is 1. The number of nitrogens with zero attached hydrogens (tertiary/aromatic N) is 2. The number of hydrogen-bond acceptors (Lipinski definition) is 2. The van der Waals surface area contributed by atoms with Gasteiger partial charge in [-0.15, -0.1) is 0 Å². The number of piperidine rings is 1. The van der Waals surface area contributed by atoms with Crippen LogP contribution in [0.15, 0.2) is 24.7 Å². The fourth-order valence-corrected chi connectivity index (χ4v) is 2.74. The van der Waals surface area contributed by atoms with E-state index in [1.807, 2.05) is 30.3 Å². The number of aromatic amines is 1. The van der Waals surface area contributed by atoms with Crippen LogP contribution >= 0.6 is 0 Å². The van der Waals surface area contributed by atoms with Gasteiger partial charge in [0.1, 0.15) is 0 Å². The van der Waals surface area contributed by atoms with Gasteiger partial charge >= 0.3 is 0 Å². The average Bonchev–Trinajstić information content (AvgIpc) is 2.98. The van der Waals surface area contributed by atoms with Crippen molar-refractivity contribution in [2.75, 3.05) is 13.1 Å². The standard InChI is InChI=1S/C13H18N4/c1-17-13(10-2-5-14-6-3-10)12(9-16-17)11-4-7-15-8-11/h4,7-10,14-15H,2-3,5-6H2,1H3. The summed E-state index contributed by atoms with van der Waals surface area (Å²) in [6, 6.07) is 2.11. The maximum Gasteiger partial charge on any atom is 0.0571 e. The lowest BCUT2D eigenvalue weighted by atomic mass is 9.90. The zero-order valence-electron chi connectivity index (χ0n) is 10.1. The predicted octanol–water partition coefficient (Wildman–Crippen LogP) is 1.88. The second kappa shape index (κ2) is 4.37. The van der Waals surface area contributed by atoms with Crippen molar-refractivity contribution in [3.05, 3.63) is 30.4 Å². The van der Waals surface area contributed by atoms with E-state index in [1.54, 1.807) is 0 Å². The molecule has 0 atom stereocenters. The highest BCUT2D eigenvalue weighted by atomic mass is 15.3. The Balaban J connectivity index is 2.00. The van der Waals surface area contributed by atoms with E-state index in [4.69, 9.17) is 0 Å². The Kier molecular flexibility index (Phi) is 2.73. The fraction of sp³-hybridized carbons (Fsp3) is 0.462. The molecule has 2 aromatic heterocycles. The zero-order valence-corrected chi connectivity index (χ0v) is 10.1. The molecule has 0 bridgehead atoms. The highest BCUT2D eigenvalue weighted by Crippen LogP contribution is 2.33. The normalized spacial score (nSPS) is 17.5. The summed E-state index contributed by atoms with van der Waals surface area (Å²) in [5, 5.41) is 7.84. The van der Waals surface area contributed by atoms with Gasteiger partial charge in [-0.3, -0.25) is 4.68 Å². The highest BCUT2D eigenvalue weighted by molar-refractivity contribution is 5.65. The van der Waals surface area contributed by atoms with Crippen LogP contribution < -0.4 is 5.32 Å². The molecule has 3 rings (SSSR count). The van der Waals surface area contributed by atoms with Gasteiger partial charge in [0, 0.05) is 42.2 Å². The van der Waals surface area contributed by atoms with Gasteiger partial charge < -0.3 is 10.3 Å². The Labute approximate surface area is 101 Å². The monoisotopic (exact) mass is 230 g/mol. The molecule has 17 heavy (non-hydrogen) atoms. The van der Waals surface area contributed by atoms with E-state index in [9.17, 15) is 0 Å². The predicted molar refractivity (Wildman–Crippen MR) is 67.8 cm³/mol. The molecule has 1 aliphatic heterocycles. The molecule has 1 aliphatic rings. The lowest BCUT2D eigenvalue weighted by Crippen LogP contribution is -2.27. The minimum absolute atomic E-state index is 0.633. The molecule has 3 heterocycles. The molecule has 2 N–H and O–H groups in total. The average molecular weight is 230 g/mol. The highest BCUT2D eigenvalue weighted by Gasteiger charge is 2.22. The van der Waals surface area contributed by atoms with Crippen molar-refractivity contribution in [1.29, 1.82) is 0 Å². The van der Waals surface area contributed by atoms with Gasteiger partial charge in [0.25, 0.3) is 0 Å². The minimum Gasteiger partial charge on any atom is -0.367 e. The molecule has 0 amide bonds. The Morgan fingerprint density at radius 1 is 1.35 bits per heavy atom. The molecular formula is C13H18N4. The maximum atomic E-state index is 4.43. The summed E-state index contributed by atoms with van der Waals surface area (Å²) in [5.74, 6) is 0.633. The van der Waals surface area contributed by atoms with Crippen molar-refractivity contribution < 1.29 is 0 Å². The summed E-state index contributed by atoms with van der Waals surface area (Å²) in [6.07, 6.45) is 8.41. The Morgan fingerprint density at radius 2 is 2.18 bits per heavy atom. The van der Waals surface area contributed by atoms with Crippen LogP contribution in [-0.2, 0) is 7.05 Å². The first-order valence-corrected chi connectivity index (χ1v) is 6.22. The largest absolute Gasteiger partial charge is 0.367 e. The van der Waals surface area contributed by atoms with E-state index in [0.29, 0.717) is 5.92 Å². The topological polar surface area (TPSA) is 45.6 Å². The third kappa shape index (κ3) is 1.89. The van der Waals surface area contributed by atoms with E-state index in [0.717, 1.165) is 13.1 Å². The molecule has 4 nitrogen and oxygen atoms in total. The summed E-state index contributed by atoms with van der Waals surface area (Å²) in [7, 11) is 2.05. The molecule has 0 radical (unpaired) electrons. The lowest BCUT2D eigenvalue weighted by Gasteiger charge is -2.23. The summed E-state index contributed by atoms with van der Waals surface area (Å²) < 4.78 is 2.04. The van der Waals surface area contributed by atoms with Crippen LogP contribution in [0.25, 0.3) is 11.1 Å². The smallest absolute Gasteiger partial charge is 0.0571 e. The van der Waals surface area contributed by atoms with E-state index >= 15 is 0 Å². The van der Waals surface area contributed by atoms with Gasteiger partial charge in [0.15, 0.2) is 0 Å². The molecule has 1 fully saturated rings. The molecule has 2 aromatic rings. The molecule has 0 aromatic carbocycles. The SMILES string of the molecule is Cn1ncc(-c2cc[nH]c2)c1C1CCNCC1. The van der Waals surface area contributed by atoms with Crippen LogP contribution in [0.3, 0.4) is 0 Å². The lowest BCUT2D eigenvalue weighted by molar-refractivity contribution is 0.440. The van der Waals surface area contributed by atoms with Gasteiger partial charge in [-0.1, -0.05) is 0 Å². The molecule has 90 valence electrons. The Hall–Kier alpha value is -1.55. The summed E-state index contributed by atoms with van der Waals surface area (Å²) in [4.78, 5) is 3.12. The van der Waals surface area contributed by atoms with Crippen molar-refractivity contribution >= 4 is 0 Å². The summed E-state index contributed by atoms with van der Waals surface area (Å²) in [5.41, 5.74) is 3.90. The Bertz CT molecular complexity index is 477. The zero-order chi connectivity index (χ0) is 11.7. The first-order valence-electron chi connectivity index (χ1n) is 6.22. The second-order valence-corrected chi connectivity index (χ2v) is 4.69. The van der Waals surface area contributed by atoms with Crippen LogP contribution in [0.4, 0.5) is 0 Å². The van der Waals surface area contributed by atoms with E-state index < -0.39 is 0 Å². The first kappa shape index (κ1) is 10.6. The molecule has 0 aliphatic carbocycles. The molecule has 0 spiro atoms. The minimum atomic E-state index is 0.633. The van der Waals surface area contributed by atoms with E-state index in [2.05, 4.69) is 21.5 Å². The van der Waals surface area contributed by atoms with Gasteiger partial charge in [-0.05, 0) is 32.0 Å². The number of hydrogen-bond donors (Lipinski definition) is 2. The number of aryl methyl sites for hydroxylation is 1. The van der Waals surface area contributed by atoms with Crippen LogP contribution in [0.2, 0.25) is 0 Å². The molecule has 0 saturated carbocycles. The van der Waals surface area contributed by atoms with Crippen molar-refractivity contribution in [2.45, 2.75) is 18.8 Å². The molecule has 0 unspecified atom stereocenters. The number of nitrogens with one attached hydrogen (secondary N) is 2. The fourth-order valence-electron chi connectivity index (χ4n) is 2.74. The van der Waals surface area contributed by atoms with Crippen molar-refractivity contribution in [2.24, 2.45) is 7.05 Å². The van der Waals surface area contributed by atoms with Crippen LogP contribution in [0.1, 0.15) is 24.5 Å². The van der Waals surface area contributed by atoms with Crippen LogP contribution in [0, 0.1) is 0 Å². The number of aromatic nitrogens is 3. The molecule has 1 saturated heterocycles. The molecule has 4 heteroatoms. The van der Waals surface area contributed by atoms with Gasteiger partial charge in [0.2, 0.25) is 0 Å². The maximum absolute atomic E-state index is 4.43. The second-order valence-electron chi connectivity index (χ2n) is 4.69. The van der Waals surface area contributed by atoms with Crippen LogP contribution in [-0.4, -0.2) is 27.9 Å². The Morgan fingerprint density at radius 3 is 2.88 bits per heavy atom.